The Morgan fingerprint density at radius 1 is 1.06 bits per heavy atom. The number of nitrogens with zero attached hydrogens (tertiary/aromatic N) is 1. The van der Waals surface area contributed by atoms with Gasteiger partial charge in [-0.1, -0.05) is 6.07 Å². The molecule has 3 rings (SSSR count). The van der Waals surface area contributed by atoms with E-state index in [-0.39, 0.29) is 6.61 Å². The first-order valence-electron chi connectivity index (χ1n) is 10.4. The second-order valence-electron chi connectivity index (χ2n) is 7.07. The molecule has 164 valence electrons. The predicted molar refractivity (Wildman–Crippen MR) is 121 cm³/mol. The van der Waals surface area contributed by atoms with E-state index < -0.39 is 11.9 Å². The first-order valence-corrected chi connectivity index (χ1v) is 10.4. The topological polar surface area (TPSA) is 77.1 Å². The van der Waals surface area contributed by atoms with E-state index in [1.165, 1.54) is 18.9 Å². The first-order chi connectivity index (χ1) is 15.1. The van der Waals surface area contributed by atoms with Crippen LogP contribution in [0.25, 0.3) is 6.08 Å². The van der Waals surface area contributed by atoms with Gasteiger partial charge in [-0.05, 0) is 67.8 Å². The van der Waals surface area contributed by atoms with Crippen molar-refractivity contribution in [1.82, 2.24) is 0 Å². The number of benzene rings is 2. The smallest absolute Gasteiger partial charge is 0.331 e. The number of carbonyl (C=O) groups excluding carboxylic acids is 2. The summed E-state index contributed by atoms with van der Waals surface area (Å²) in [5, 5.41) is 2.73. The highest BCUT2D eigenvalue weighted by Gasteiger charge is 2.12. The van der Waals surface area contributed by atoms with Gasteiger partial charge in [0.2, 0.25) is 0 Å². The summed E-state index contributed by atoms with van der Waals surface area (Å²) in [6.07, 6.45) is 5.30. The molecule has 1 aliphatic rings. The third-order valence-electron chi connectivity index (χ3n) is 4.87. The van der Waals surface area contributed by atoms with Crippen LogP contribution in [-0.4, -0.2) is 45.3 Å². The zero-order chi connectivity index (χ0) is 22.1. The predicted octanol–water partition coefficient (Wildman–Crippen LogP) is 3.89. The number of hydrogen-bond acceptors (Lipinski definition) is 6. The monoisotopic (exact) mass is 424 g/mol. The van der Waals surface area contributed by atoms with Crippen LogP contribution in [0.2, 0.25) is 0 Å². The quantitative estimate of drug-likeness (QED) is 0.486. The third kappa shape index (κ3) is 6.50. The van der Waals surface area contributed by atoms with E-state index in [4.69, 9.17) is 14.2 Å². The molecule has 0 spiro atoms. The van der Waals surface area contributed by atoms with Gasteiger partial charge in [-0.25, -0.2) is 4.79 Å². The number of carbonyl (C=O) groups is 2. The molecule has 2 aromatic carbocycles. The molecule has 0 aliphatic carbocycles. The maximum absolute atomic E-state index is 12.1. The van der Waals surface area contributed by atoms with Gasteiger partial charge in [-0.2, -0.15) is 0 Å². The van der Waals surface area contributed by atoms with Gasteiger partial charge in [0.25, 0.3) is 5.91 Å². The molecule has 1 heterocycles. The molecule has 2 aromatic rings. The normalized spacial score (nSPS) is 13.3. The fraction of sp³-hybridized carbons (Fsp3) is 0.333. The first kappa shape index (κ1) is 22.2. The summed E-state index contributed by atoms with van der Waals surface area (Å²) in [4.78, 5) is 26.3. The van der Waals surface area contributed by atoms with E-state index in [9.17, 15) is 9.59 Å². The van der Waals surface area contributed by atoms with Crippen molar-refractivity contribution in [3.8, 4) is 11.5 Å². The van der Waals surface area contributed by atoms with E-state index in [0.29, 0.717) is 23.8 Å². The van der Waals surface area contributed by atoms with Crippen LogP contribution >= 0.6 is 0 Å². The van der Waals surface area contributed by atoms with Crippen LogP contribution in [-0.2, 0) is 14.3 Å². The van der Waals surface area contributed by atoms with Crippen molar-refractivity contribution in [3.63, 3.8) is 0 Å². The maximum Gasteiger partial charge on any atom is 0.331 e. The van der Waals surface area contributed by atoms with Crippen LogP contribution in [0.3, 0.4) is 0 Å². The zero-order valence-corrected chi connectivity index (χ0v) is 17.9. The number of ether oxygens (including phenoxy) is 3. The summed E-state index contributed by atoms with van der Waals surface area (Å²) in [6.45, 7) is 4.16. The van der Waals surface area contributed by atoms with Crippen LogP contribution in [0.15, 0.2) is 48.5 Å². The molecule has 1 fully saturated rings. The van der Waals surface area contributed by atoms with Crippen molar-refractivity contribution in [2.75, 3.05) is 43.6 Å². The Balaban J connectivity index is 1.46. The number of anilines is 2. The molecular formula is C24H28N2O5. The van der Waals surface area contributed by atoms with Crippen LogP contribution in [0.5, 0.6) is 11.5 Å². The van der Waals surface area contributed by atoms with Crippen molar-refractivity contribution in [3.05, 3.63) is 54.1 Å². The fourth-order valence-corrected chi connectivity index (χ4v) is 3.34. The Morgan fingerprint density at radius 3 is 2.48 bits per heavy atom. The molecule has 1 aliphatic heterocycles. The number of rotatable bonds is 9. The summed E-state index contributed by atoms with van der Waals surface area (Å²) in [7, 11) is 1.57. The van der Waals surface area contributed by atoms with Gasteiger partial charge < -0.3 is 24.4 Å². The lowest BCUT2D eigenvalue weighted by molar-refractivity contribution is -0.142. The lowest BCUT2D eigenvalue weighted by Gasteiger charge is -2.17. The van der Waals surface area contributed by atoms with Gasteiger partial charge in [-0.15, -0.1) is 0 Å². The summed E-state index contributed by atoms with van der Waals surface area (Å²) in [5.74, 6) is 0.217. The maximum atomic E-state index is 12.1. The SMILES string of the molecule is CCOc1cc(/C=C/C(=O)OCC(=O)Nc2ccc(N3CCCC3)cc2)ccc1OC. The molecule has 1 saturated heterocycles. The molecule has 0 bridgehead atoms. The average molecular weight is 424 g/mol. The summed E-state index contributed by atoms with van der Waals surface area (Å²) in [5.41, 5.74) is 2.57. The summed E-state index contributed by atoms with van der Waals surface area (Å²) >= 11 is 0. The molecule has 0 aromatic heterocycles. The minimum atomic E-state index is -0.603. The molecular weight excluding hydrogens is 396 g/mol. The van der Waals surface area contributed by atoms with Gasteiger partial charge >= 0.3 is 5.97 Å². The second-order valence-corrected chi connectivity index (χ2v) is 7.07. The third-order valence-corrected chi connectivity index (χ3v) is 4.87. The van der Waals surface area contributed by atoms with Crippen molar-refractivity contribution in [1.29, 1.82) is 0 Å². The van der Waals surface area contributed by atoms with Gasteiger partial charge in [0.1, 0.15) is 0 Å². The summed E-state index contributed by atoms with van der Waals surface area (Å²) in [6, 6.07) is 13.0. The summed E-state index contributed by atoms with van der Waals surface area (Å²) < 4.78 is 15.8. The Morgan fingerprint density at radius 2 is 1.81 bits per heavy atom. The van der Waals surface area contributed by atoms with E-state index in [2.05, 4.69) is 10.2 Å². The number of amides is 1. The van der Waals surface area contributed by atoms with E-state index in [0.717, 1.165) is 24.3 Å². The van der Waals surface area contributed by atoms with Crippen LogP contribution in [0.4, 0.5) is 11.4 Å². The van der Waals surface area contributed by atoms with Crippen molar-refractivity contribution < 1.29 is 23.8 Å². The Labute approximate surface area is 182 Å². The van der Waals surface area contributed by atoms with Crippen LogP contribution in [0, 0.1) is 0 Å². The standard InChI is InChI=1S/C24H28N2O5/c1-3-30-22-16-18(6-12-21(22)29-2)7-13-24(28)31-17-23(27)25-19-8-10-20(11-9-19)26-14-4-5-15-26/h6-13,16H,3-5,14-15,17H2,1-2H3,(H,25,27)/b13-7+. The average Bonchev–Trinajstić information content (AvgIpc) is 3.32. The lowest BCUT2D eigenvalue weighted by Crippen LogP contribution is -2.20. The van der Waals surface area contributed by atoms with Gasteiger partial charge in [-0.3, -0.25) is 4.79 Å². The highest BCUT2D eigenvalue weighted by Crippen LogP contribution is 2.28. The molecule has 0 unspecified atom stereocenters. The molecule has 1 N–H and O–H groups in total. The Hall–Kier alpha value is -3.48. The minimum Gasteiger partial charge on any atom is -0.493 e. The number of methoxy groups -OCH3 is 1. The zero-order valence-electron chi connectivity index (χ0n) is 17.9. The Bertz CT molecular complexity index is 918. The van der Waals surface area contributed by atoms with Gasteiger partial charge in [0.15, 0.2) is 18.1 Å². The van der Waals surface area contributed by atoms with E-state index >= 15 is 0 Å². The van der Waals surface area contributed by atoms with Crippen molar-refractivity contribution in [2.24, 2.45) is 0 Å². The molecule has 7 heteroatoms. The van der Waals surface area contributed by atoms with Crippen LogP contribution < -0.4 is 19.7 Å². The van der Waals surface area contributed by atoms with Crippen molar-refractivity contribution >= 4 is 29.3 Å². The number of nitrogens with one attached hydrogen (secondary N) is 1. The lowest BCUT2D eigenvalue weighted by atomic mass is 10.2. The highest BCUT2D eigenvalue weighted by molar-refractivity contribution is 5.94. The van der Waals surface area contributed by atoms with Crippen molar-refractivity contribution in [2.45, 2.75) is 19.8 Å². The number of esters is 1. The van der Waals surface area contributed by atoms with Crippen LogP contribution in [0.1, 0.15) is 25.3 Å². The second kappa shape index (κ2) is 11.1. The molecule has 1 amide bonds. The fourth-order valence-electron chi connectivity index (χ4n) is 3.34. The largest absolute Gasteiger partial charge is 0.493 e. The molecule has 7 nitrogen and oxygen atoms in total. The van der Waals surface area contributed by atoms with E-state index in [1.54, 1.807) is 31.4 Å². The van der Waals surface area contributed by atoms with E-state index in [1.807, 2.05) is 31.2 Å². The molecule has 0 saturated carbocycles. The molecule has 0 radical (unpaired) electrons. The molecule has 31 heavy (non-hydrogen) atoms. The van der Waals surface area contributed by atoms with Gasteiger partial charge in [0, 0.05) is 30.5 Å². The van der Waals surface area contributed by atoms with Gasteiger partial charge in [0.05, 0.1) is 13.7 Å². The highest BCUT2D eigenvalue weighted by atomic mass is 16.5. The Kier molecular flexibility index (Phi) is 7.92. The molecule has 0 atom stereocenters. The number of hydrogen-bond donors (Lipinski definition) is 1. The minimum absolute atomic E-state index is 0.357.